The van der Waals surface area contributed by atoms with Crippen molar-refractivity contribution in [3.8, 4) is 0 Å². The van der Waals surface area contributed by atoms with Crippen LogP contribution in [0.4, 0.5) is 0 Å². The number of halogens is 1. The molecule has 16 heavy (non-hydrogen) atoms. The molecule has 1 saturated heterocycles. The second-order valence-corrected chi connectivity index (χ2v) is 3.67. The van der Waals surface area contributed by atoms with Gasteiger partial charge in [-0.2, -0.15) is 0 Å². The second-order valence-electron chi connectivity index (χ2n) is 3.37. The highest BCUT2D eigenvalue weighted by Crippen LogP contribution is 2.36. The molecule has 0 unspecified atom stereocenters. The van der Waals surface area contributed by atoms with Crippen LogP contribution in [0.5, 0.6) is 0 Å². The van der Waals surface area contributed by atoms with Gasteiger partial charge in [-0.25, -0.2) is 9.59 Å². The third-order valence-electron chi connectivity index (χ3n) is 2.27. The zero-order valence-corrected chi connectivity index (χ0v) is 10.1. The molecule has 0 aromatic rings. The number of esters is 2. The highest BCUT2D eigenvalue weighted by molar-refractivity contribution is 6.18. The molecule has 0 amide bonds. The molecule has 1 heterocycles. The molecule has 0 spiro atoms. The minimum Gasteiger partial charge on any atom is -0.463 e. The average Bonchev–Trinajstić information content (AvgIpc) is 2.17. The highest BCUT2D eigenvalue weighted by Gasteiger charge is 2.60. The molecule has 0 N–H and O–H groups in total. The van der Waals surface area contributed by atoms with Crippen molar-refractivity contribution in [2.75, 3.05) is 19.1 Å². The summed E-state index contributed by atoms with van der Waals surface area (Å²) in [5.74, 6) is -1.16. The number of hydrogen-bond donors (Lipinski definition) is 0. The first-order valence-corrected chi connectivity index (χ1v) is 5.72. The lowest BCUT2D eigenvalue weighted by atomic mass is 9.89. The van der Waals surface area contributed by atoms with Gasteiger partial charge in [-0.3, -0.25) is 0 Å². The fourth-order valence-corrected chi connectivity index (χ4v) is 1.70. The molecule has 1 aliphatic rings. The van der Waals surface area contributed by atoms with Crippen molar-refractivity contribution < 1.29 is 23.8 Å². The van der Waals surface area contributed by atoms with Crippen LogP contribution in [0.25, 0.3) is 0 Å². The molecular weight excluding hydrogens is 236 g/mol. The number of rotatable bonds is 5. The molecule has 0 radical (unpaired) electrons. The highest BCUT2D eigenvalue weighted by atomic mass is 35.5. The van der Waals surface area contributed by atoms with Gasteiger partial charge in [-0.1, -0.05) is 0 Å². The molecule has 92 valence electrons. The van der Waals surface area contributed by atoms with Crippen LogP contribution in [-0.4, -0.2) is 42.7 Å². The van der Waals surface area contributed by atoms with Gasteiger partial charge < -0.3 is 14.2 Å². The van der Waals surface area contributed by atoms with Gasteiger partial charge in [-0.05, 0) is 13.8 Å². The van der Waals surface area contributed by atoms with Gasteiger partial charge in [0.15, 0.2) is 0 Å². The fourth-order valence-electron chi connectivity index (χ4n) is 1.52. The molecular formula is C10H15ClO5. The minimum absolute atomic E-state index is 0.189. The largest absolute Gasteiger partial charge is 0.463 e. The van der Waals surface area contributed by atoms with Crippen molar-refractivity contribution in [3.63, 3.8) is 0 Å². The third kappa shape index (κ3) is 2.30. The van der Waals surface area contributed by atoms with Gasteiger partial charge in [0.1, 0.15) is 0 Å². The maximum atomic E-state index is 11.6. The summed E-state index contributed by atoms with van der Waals surface area (Å²) in [4.78, 5) is 23.3. The van der Waals surface area contributed by atoms with Gasteiger partial charge in [0.25, 0.3) is 5.60 Å². The Labute approximate surface area is 99.0 Å². The Morgan fingerprint density at radius 2 is 1.75 bits per heavy atom. The van der Waals surface area contributed by atoms with E-state index in [9.17, 15) is 9.59 Å². The van der Waals surface area contributed by atoms with Gasteiger partial charge in [0.2, 0.25) is 0 Å². The molecule has 1 aliphatic heterocycles. The van der Waals surface area contributed by atoms with Crippen molar-refractivity contribution in [3.05, 3.63) is 0 Å². The Balaban J connectivity index is 2.71. The summed E-state index contributed by atoms with van der Waals surface area (Å²) in [6, 6.07) is 0. The molecule has 0 aromatic heterocycles. The van der Waals surface area contributed by atoms with E-state index < -0.39 is 17.5 Å². The van der Waals surface area contributed by atoms with Crippen LogP contribution in [0.3, 0.4) is 0 Å². The van der Waals surface area contributed by atoms with E-state index in [4.69, 9.17) is 25.8 Å². The van der Waals surface area contributed by atoms with Gasteiger partial charge in [0.05, 0.1) is 19.3 Å². The Morgan fingerprint density at radius 1 is 1.31 bits per heavy atom. The first-order chi connectivity index (χ1) is 7.60. The van der Waals surface area contributed by atoms with Gasteiger partial charge >= 0.3 is 11.9 Å². The first kappa shape index (κ1) is 13.3. The topological polar surface area (TPSA) is 61.8 Å². The van der Waals surface area contributed by atoms with E-state index in [1.165, 1.54) is 0 Å². The Morgan fingerprint density at radius 3 is 2.06 bits per heavy atom. The standard InChI is InChI=1S/C10H15ClO5/c1-3-14-8(12)10(9(13)15-4-2)5-7(6-11)16-10/h7H,3-6H2,1-2H3/t7-/m1/s1. The van der Waals surface area contributed by atoms with Crippen molar-refractivity contribution >= 4 is 23.5 Å². The Hall–Kier alpha value is -0.810. The van der Waals surface area contributed by atoms with Crippen LogP contribution in [0.15, 0.2) is 0 Å². The predicted octanol–water partition coefficient (Wildman–Crippen LogP) is 0.879. The number of carbonyl (C=O) groups is 2. The summed E-state index contributed by atoms with van der Waals surface area (Å²) < 4.78 is 14.8. The van der Waals surface area contributed by atoms with Crippen LogP contribution in [-0.2, 0) is 23.8 Å². The number of ether oxygens (including phenoxy) is 3. The van der Waals surface area contributed by atoms with Crippen molar-refractivity contribution in [1.82, 2.24) is 0 Å². The lowest BCUT2D eigenvalue weighted by Gasteiger charge is -2.42. The lowest BCUT2D eigenvalue weighted by molar-refractivity contribution is -0.232. The van der Waals surface area contributed by atoms with Crippen LogP contribution < -0.4 is 0 Å². The van der Waals surface area contributed by atoms with E-state index in [1.54, 1.807) is 13.8 Å². The smallest absolute Gasteiger partial charge is 0.350 e. The molecule has 1 fully saturated rings. The lowest BCUT2D eigenvalue weighted by Crippen LogP contribution is -2.63. The summed E-state index contributed by atoms with van der Waals surface area (Å²) in [6.45, 7) is 3.70. The minimum atomic E-state index is -1.59. The molecule has 0 saturated carbocycles. The van der Waals surface area contributed by atoms with Gasteiger partial charge in [-0.15, -0.1) is 11.6 Å². The summed E-state index contributed by atoms with van der Waals surface area (Å²) in [7, 11) is 0. The quantitative estimate of drug-likeness (QED) is 0.412. The van der Waals surface area contributed by atoms with E-state index in [1.807, 2.05) is 0 Å². The van der Waals surface area contributed by atoms with Crippen molar-refractivity contribution in [1.29, 1.82) is 0 Å². The fraction of sp³-hybridized carbons (Fsp3) is 0.800. The third-order valence-corrected chi connectivity index (χ3v) is 2.61. The Kier molecular flexibility index (Phi) is 4.56. The van der Waals surface area contributed by atoms with Crippen LogP contribution >= 0.6 is 11.6 Å². The normalized spacial score (nSPS) is 22.1. The molecule has 1 atom stereocenters. The Bertz CT molecular complexity index is 252. The molecule has 0 aliphatic carbocycles. The number of alkyl halides is 1. The van der Waals surface area contributed by atoms with Crippen LogP contribution in [0.2, 0.25) is 0 Å². The van der Waals surface area contributed by atoms with E-state index in [2.05, 4.69) is 0 Å². The average molecular weight is 251 g/mol. The SMILES string of the molecule is CCOC(=O)C1(C(=O)OCC)C[C@H](CCl)O1. The summed E-state index contributed by atoms with van der Waals surface area (Å²) in [5.41, 5.74) is -1.59. The molecule has 6 heteroatoms. The van der Waals surface area contributed by atoms with Crippen LogP contribution in [0, 0.1) is 0 Å². The second kappa shape index (κ2) is 5.50. The summed E-state index contributed by atoms with van der Waals surface area (Å²) >= 11 is 5.56. The predicted molar refractivity (Wildman–Crippen MR) is 56.2 cm³/mol. The zero-order chi connectivity index (χ0) is 12.2. The van der Waals surface area contributed by atoms with E-state index >= 15 is 0 Å². The van der Waals surface area contributed by atoms with Crippen molar-refractivity contribution in [2.24, 2.45) is 0 Å². The maximum Gasteiger partial charge on any atom is 0.350 e. The van der Waals surface area contributed by atoms with E-state index in [-0.39, 0.29) is 31.6 Å². The van der Waals surface area contributed by atoms with Gasteiger partial charge in [0, 0.05) is 12.3 Å². The number of carbonyl (C=O) groups excluding carboxylic acids is 2. The molecule has 5 nitrogen and oxygen atoms in total. The summed E-state index contributed by atoms with van der Waals surface area (Å²) in [5, 5.41) is 0. The van der Waals surface area contributed by atoms with E-state index in [0.717, 1.165) is 0 Å². The van der Waals surface area contributed by atoms with E-state index in [0.29, 0.717) is 0 Å². The van der Waals surface area contributed by atoms with Crippen molar-refractivity contribution in [2.45, 2.75) is 32.0 Å². The zero-order valence-electron chi connectivity index (χ0n) is 9.32. The monoisotopic (exact) mass is 250 g/mol. The molecule has 0 bridgehead atoms. The first-order valence-electron chi connectivity index (χ1n) is 5.19. The number of hydrogen-bond acceptors (Lipinski definition) is 5. The maximum absolute atomic E-state index is 11.6. The molecule has 1 rings (SSSR count). The summed E-state index contributed by atoms with van der Waals surface area (Å²) in [6.07, 6.45) is -0.0794. The molecule has 0 aromatic carbocycles. The van der Waals surface area contributed by atoms with Crippen LogP contribution in [0.1, 0.15) is 20.3 Å².